The molecule has 3 heteroatoms. The first-order valence-electron chi connectivity index (χ1n) is 6.58. The van der Waals surface area contributed by atoms with Crippen molar-refractivity contribution in [2.75, 3.05) is 0 Å². The maximum Gasteiger partial charge on any atom is 0.0621 e. The van der Waals surface area contributed by atoms with Crippen LogP contribution in [0.2, 0.25) is 5.02 Å². The van der Waals surface area contributed by atoms with Crippen molar-refractivity contribution in [1.82, 2.24) is 5.32 Å². The van der Waals surface area contributed by atoms with E-state index >= 15 is 0 Å². The molecular weight excluding hydrogens is 246 g/mol. The highest BCUT2D eigenvalue weighted by molar-refractivity contribution is 6.31. The van der Waals surface area contributed by atoms with Gasteiger partial charge in [0.15, 0.2) is 0 Å². The van der Waals surface area contributed by atoms with Crippen LogP contribution in [0.25, 0.3) is 0 Å². The molecule has 3 unspecified atom stereocenters. The van der Waals surface area contributed by atoms with Crippen molar-refractivity contribution in [1.29, 1.82) is 0 Å². The SMILES string of the molecule is CC(Cc1ccccc1Cl)NC1CC(O)C1(C)C. The third-order valence-electron chi connectivity index (χ3n) is 4.19. The van der Waals surface area contributed by atoms with Gasteiger partial charge in [0.2, 0.25) is 0 Å². The van der Waals surface area contributed by atoms with Crippen molar-refractivity contribution in [3.05, 3.63) is 34.9 Å². The van der Waals surface area contributed by atoms with E-state index in [0.717, 1.165) is 17.9 Å². The summed E-state index contributed by atoms with van der Waals surface area (Å²) in [5.41, 5.74) is 1.16. The van der Waals surface area contributed by atoms with Crippen molar-refractivity contribution in [3.63, 3.8) is 0 Å². The molecule has 0 aromatic heterocycles. The van der Waals surface area contributed by atoms with Crippen molar-refractivity contribution in [2.45, 2.75) is 51.8 Å². The lowest BCUT2D eigenvalue weighted by Gasteiger charge is -2.50. The number of hydrogen-bond acceptors (Lipinski definition) is 2. The fourth-order valence-corrected chi connectivity index (χ4v) is 2.79. The molecule has 0 bridgehead atoms. The summed E-state index contributed by atoms with van der Waals surface area (Å²) in [6, 6.07) is 8.73. The normalized spacial score (nSPS) is 27.6. The topological polar surface area (TPSA) is 32.3 Å². The number of aliphatic hydroxyl groups excluding tert-OH is 1. The van der Waals surface area contributed by atoms with E-state index in [4.69, 9.17) is 11.6 Å². The standard InChI is InChI=1S/C15H22ClNO/c1-10(8-11-6-4-5-7-12(11)16)17-13-9-14(18)15(13,2)3/h4-7,10,13-14,17-18H,8-9H2,1-3H3. The molecule has 0 spiro atoms. The van der Waals surface area contributed by atoms with E-state index in [-0.39, 0.29) is 11.5 Å². The van der Waals surface area contributed by atoms with Crippen LogP contribution in [0.15, 0.2) is 24.3 Å². The summed E-state index contributed by atoms with van der Waals surface area (Å²) in [5, 5.41) is 14.2. The molecule has 1 aliphatic carbocycles. The van der Waals surface area contributed by atoms with Crippen LogP contribution in [0, 0.1) is 5.41 Å². The monoisotopic (exact) mass is 267 g/mol. The lowest BCUT2D eigenvalue weighted by atomic mass is 9.64. The van der Waals surface area contributed by atoms with Gasteiger partial charge in [0.1, 0.15) is 0 Å². The molecule has 0 saturated heterocycles. The minimum Gasteiger partial charge on any atom is -0.392 e. The Morgan fingerprint density at radius 2 is 2.11 bits per heavy atom. The van der Waals surface area contributed by atoms with E-state index in [1.807, 2.05) is 18.2 Å². The number of halogens is 1. The van der Waals surface area contributed by atoms with Gasteiger partial charge in [-0.05, 0) is 31.4 Å². The van der Waals surface area contributed by atoms with Crippen LogP contribution in [-0.2, 0) is 6.42 Å². The smallest absolute Gasteiger partial charge is 0.0621 e. The maximum absolute atomic E-state index is 9.73. The zero-order valence-electron chi connectivity index (χ0n) is 11.3. The molecule has 2 N–H and O–H groups in total. The summed E-state index contributed by atoms with van der Waals surface area (Å²) < 4.78 is 0. The number of nitrogens with one attached hydrogen (secondary N) is 1. The van der Waals surface area contributed by atoms with Gasteiger partial charge in [-0.2, -0.15) is 0 Å². The molecule has 2 nitrogen and oxygen atoms in total. The van der Waals surface area contributed by atoms with Crippen molar-refractivity contribution >= 4 is 11.6 Å². The summed E-state index contributed by atoms with van der Waals surface area (Å²) in [5.74, 6) is 0. The molecule has 0 radical (unpaired) electrons. The van der Waals surface area contributed by atoms with Gasteiger partial charge in [0, 0.05) is 22.5 Å². The third-order valence-corrected chi connectivity index (χ3v) is 4.55. The van der Waals surface area contributed by atoms with Crippen LogP contribution in [0.5, 0.6) is 0 Å². The number of rotatable bonds is 4. The molecule has 1 aromatic rings. The van der Waals surface area contributed by atoms with Crippen LogP contribution in [0.3, 0.4) is 0 Å². The largest absolute Gasteiger partial charge is 0.392 e. The second-order valence-corrected chi connectivity index (χ2v) is 6.40. The third kappa shape index (κ3) is 2.71. The average Bonchev–Trinajstić information content (AvgIpc) is 2.32. The molecule has 2 rings (SSSR count). The molecule has 18 heavy (non-hydrogen) atoms. The summed E-state index contributed by atoms with van der Waals surface area (Å²) in [7, 11) is 0. The van der Waals surface area contributed by atoms with Gasteiger partial charge in [-0.3, -0.25) is 0 Å². The molecule has 0 aliphatic heterocycles. The van der Waals surface area contributed by atoms with E-state index in [9.17, 15) is 5.11 Å². The van der Waals surface area contributed by atoms with Crippen molar-refractivity contribution in [2.24, 2.45) is 5.41 Å². The molecule has 3 atom stereocenters. The van der Waals surface area contributed by atoms with E-state index in [2.05, 4.69) is 32.2 Å². The summed E-state index contributed by atoms with van der Waals surface area (Å²) >= 11 is 6.16. The highest BCUT2D eigenvalue weighted by atomic mass is 35.5. The molecule has 1 saturated carbocycles. The average molecular weight is 268 g/mol. The predicted octanol–water partition coefficient (Wildman–Crippen LogP) is 3.02. The van der Waals surface area contributed by atoms with Crippen LogP contribution in [0.4, 0.5) is 0 Å². The Balaban J connectivity index is 1.90. The minimum absolute atomic E-state index is 0.0191. The zero-order valence-corrected chi connectivity index (χ0v) is 12.0. The molecule has 1 aromatic carbocycles. The summed E-state index contributed by atoms with van der Waals surface area (Å²) in [6.07, 6.45) is 1.59. The first kappa shape index (κ1) is 13.9. The van der Waals surface area contributed by atoms with E-state index < -0.39 is 0 Å². The zero-order chi connectivity index (χ0) is 13.3. The van der Waals surface area contributed by atoms with Gasteiger partial charge < -0.3 is 10.4 Å². The second kappa shape index (κ2) is 5.20. The van der Waals surface area contributed by atoms with Gasteiger partial charge in [0.25, 0.3) is 0 Å². The first-order valence-corrected chi connectivity index (χ1v) is 6.96. The van der Waals surface area contributed by atoms with Gasteiger partial charge in [-0.15, -0.1) is 0 Å². The Hall–Kier alpha value is -0.570. The van der Waals surface area contributed by atoms with Crippen molar-refractivity contribution < 1.29 is 5.11 Å². The predicted molar refractivity (Wildman–Crippen MR) is 75.9 cm³/mol. The molecular formula is C15H22ClNO. The Morgan fingerprint density at radius 1 is 1.44 bits per heavy atom. The quantitative estimate of drug-likeness (QED) is 0.879. The minimum atomic E-state index is -0.178. The highest BCUT2D eigenvalue weighted by Crippen LogP contribution is 2.40. The summed E-state index contributed by atoms with van der Waals surface area (Å²) in [4.78, 5) is 0. The molecule has 0 heterocycles. The second-order valence-electron chi connectivity index (χ2n) is 5.99. The Labute approximate surface area is 114 Å². The van der Waals surface area contributed by atoms with Crippen molar-refractivity contribution in [3.8, 4) is 0 Å². The Bertz CT molecular complexity index is 419. The van der Waals surface area contributed by atoms with Gasteiger partial charge >= 0.3 is 0 Å². The highest BCUT2D eigenvalue weighted by Gasteiger charge is 2.47. The van der Waals surface area contributed by atoms with Gasteiger partial charge in [-0.25, -0.2) is 0 Å². The maximum atomic E-state index is 9.73. The number of benzene rings is 1. The lowest BCUT2D eigenvalue weighted by Crippen LogP contribution is -2.61. The van der Waals surface area contributed by atoms with E-state index in [1.54, 1.807) is 0 Å². The van der Waals surface area contributed by atoms with Gasteiger partial charge in [0.05, 0.1) is 6.10 Å². The van der Waals surface area contributed by atoms with E-state index in [0.29, 0.717) is 12.1 Å². The fourth-order valence-electron chi connectivity index (χ4n) is 2.58. The Kier molecular flexibility index (Phi) is 4.00. The van der Waals surface area contributed by atoms with Crippen LogP contribution < -0.4 is 5.32 Å². The molecule has 1 fully saturated rings. The molecule has 0 amide bonds. The van der Waals surface area contributed by atoms with E-state index in [1.165, 1.54) is 5.56 Å². The van der Waals surface area contributed by atoms with Gasteiger partial charge in [-0.1, -0.05) is 43.6 Å². The lowest BCUT2D eigenvalue weighted by molar-refractivity contribution is -0.0752. The number of hydrogen-bond donors (Lipinski definition) is 2. The molecule has 1 aliphatic rings. The fraction of sp³-hybridized carbons (Fsp3) is 0.600. The molecule has 100 valence electrons. The van der Waals surface area contributed by atoms with Crippen LogP contribution in [0.1, 0.15) is 32.8 Å². The van der Waals surface area contributed by atoms with Crippen LogP contribution in [-0.4, -0.2) is 23.3 Å². The first-order chi connectivity index (χ1) is 8.41. The Morgan fingerprint density at radius 3 is 2.67 bits per heavy atom. The summed E-state index contributed by atoms with van der Waals surface area (Å²) in [6.45, 7) is 6.40. The van der Waals surface area contributed by atoms with Crippen LogP contribution >= 0.6 is 11.6 Å². The number of aliphatic hydroxyl groups is 1.